The van der Waals surface area contributed by atoms with Crippen LogP contribution in [0.15, 0.2) is 0 Å². The van der Waals surface area contributed by atoms with Gasteiger partial charge < -0.3 is 9.59 Å². The van der Waals surface area contributed by atoms with Crippen molar-refractivity contribution in [2.24, 2.45) is 0 Å². The minimum atomic E-state index is -2.88. The topological polar surface area (TPSA) is 49.4 Å². The molecule has 7 heavy (non-hydrogen) atoms. The molecule has 5 heteroatoms. The molecule has 0 spiro atoms. The molecule has 0 amide bonds. The second-order valence-electron chi connectivity index (χ2n) is 0.914. The van der Waals surface area contributed by atoms with E-state index in [1.54, 1.807) is 0 Å². The fraction of sp³-hybridized carbons (Fsp3) is 1.00. The van der Waals surface area contributed by atoms with Crippen LogP contribution in [0.2, 0.25) is 0 Å². The van der Waals surface area contributed by atoms with Crippen LogP contribution in [0, 0.1) is 0 Å². The highest BCUT2D eigenvalue weighted by atomic mass is 32.8. The Labute approximate surface area is 47.1 Å². The molecule has 0 fully saturated rings. The lowest BCUT2D eigenvalue weighted by Gasteiger charge is -2.05. The van der Waals surface area contributed by atoms with Crippen molar-refractivity contribution < 1.29 is 13.8 Å². The number of hydrogen-bond donors (Lipinski definition) is 0. The van der Waals surface area contributed by atoms with Gasteiger partial charge in [-0.2, -0.15) is 0 Å². The monoisotopic (exact) mass is 141 g/mol. The van der Waals surface area contributed by atoms with Gasteiger partial charge >= 0.3 is 0 Å². The largest absolute Gasteiger partial charge is 0.709 e. The van der Waals surface area contributed by atoms with Gasteiger partial charge in [0.2, 0.25) is 0 Å². The zero-order valence-corrected chi connectivity index (χ0v) is 5.38. The summed E-state index contributed by atoms with van der Waals surface area (Å²) in [5.41, 5.74) is 0. The first kappa shape index (κ1) is 7.29. The molecule has 0 saturated heterocycles. The Balaban J connectivity index is 3.89. The molecule has 0 aliphatic carbocycles. The molecule has 0 aliphatic heterocycles. The van der Waals surface area contributed by atoms with Crippen LogP contribution in [0.3, 0.4) is 0 Å². The van der Waals surface area contributed by atoms with Crippen LogP contribution < -0.4 is 5.26 Å². The highest BCUT2D eigenvalue weighted by molar-refractivity contribution is 8.30. The summed E-state index contributed by atoms with van der Waals surface area (Å²) < 4.78 is 13.4. The molecular weight excluding hydrogens is 136 g/mol. The van der Waals surface area contributed by atoms with E-state index >= 15 is 0 Å². The summed E-state index contributed by atoms with van der Waals surface area (Å²) in [6.45, 7) is 1.53. The second-order valence-corrected chi connectivity index (χ2v) is 4.27. The molecule has 0 aromatic heterocycles. The minimum absolute atomic E-state index is 0.103. The average Bonchev–Trinajstić information content (AvgIpc) is 1.68. The summed E-state index contributed by atoms with van der Waals surface area (Å²) in [6, 6.07) is 0. The zero-order chi connectivity index (χ0) is 5.91. The minimum Gasteiger partial charge on any atom is -0.709 e. The number of hydrogen-bond acceptors (Lipinski definition) is 4. The summed E-state index contributed by atoms with van der Waals surface area (Å²) in [5, 5.41) is 9.30. The van der Waals surface area contributed by atoms with Gasteiger partial charge in [-0.25, -0.2) is 4.21 Å². The third kappa shape index (κ3) is 2.93. The highest BCUT2D eigenvalue weighted by Gasteiger charge is 1.91. The molecule has 0 N–H and O–H groups in total. The Morgan fingerprint density at radius 3 is 2.43 bits per heavy atom. The maximum Gasteiger partial charge on any atom is 0.135 e. The fourth-order valence-electron chi connectivity index (χ4n) is 0.0481. The predicted molar refractivity (Wildman–Crippen MR) is 27.1 cm³/mol. The van der Waals surface area contributed by atoms with Gasteiger partial charge in [-0.15, -0.1) is 0 Å². The van der Waals surface area contributed by atoms with Gasteiger partial charge in [0.25, 0.3) is 0 Å². The quantitative estimate of drug-likeness (QED) is 0.364. The van der Waals surface area contributed by atoms with Crippen LogP contribution in [-0.4, -0.2) is 9.96 Å². The molecule has 0 radical (unpaired) electrons. The Bertz CT molecular complexity index is 114. The maximum atomic E-state index is 10.2. The summed E-state index contributed by atoms with van der Waals surface area (Å²) in [5.74, 6) is 0.103. The van der Waals surface area contributed by atoms with Crippen molar-refractivity contribution >= 4 is 20.0 Å². The van der Waals surface area contributed by atoms with E-state index in [9.17, 15) is 9.47 Å². The third-order valence-corrected chi connectivity index (χ3v) is 2.25. The van der Waals surface area contributed by atoms with Crippen molar-refractivity contribution in [3.8, 4) is 0 Å². The average molecular weight is 141 g/mol. The van der Waals surface area contributed by atoms with Crippen molar-refractivity contribution in [1.29, 1.82) is 0 Å². The Morgan fingerprint density at radius 1 is 2.00 bits per heavy atom. The van der Waals surface area contributed by atoms with Crippen LogP contribution in [0.4, 0.5) is 0 Å². The Morgan fingerprint density at radius 2 is 2.43 bits per heavy atom. The molecular formula is C2H5O3S2-. The molecule has 3 nitrogen and oxygen atoms in total. The standard InChI is InChI=1S/C2H6O3S2/c1-2-7(4,6)5-3/h3H,2H2,1H3/p-1. The molecule has 0 bridgehead atoms. The lowest BCUT2D eigenvalue weighted by molar-refractivity contribution is -0.633. The molecule has 0 aliphatic rings. The van der Waals surface area contributed by atoms with Gasteiger partial charge in [0, 0.05) is 16.9 Å². The number of rotatable bonds is 2. The van der Waals surface area contributed by atoms with Crippen molar-refractivity contribution in [3.63, 3.8) is 0 Å². The summed E-state index contributed by atoms with van der Waals surface area (Å²) in [4.78, 5) is 0. The maximum absolute atomic E-state index is 10.2. The van der Waals surface area contributed by atoms with Crippen molar-refractivity contribution in [2.45, 2.75) is 6.92 Å². The molecule has 1 unspecified atom stereocenters. The van der Waals surface area contributed by atoms with E-state index in [2.05, 4.69) is 15.5 Å². The zero-order valence-electron chi connectivity index (χ0n) is 3.75. The van der Waals surface area contributed by atoms with Crippen LogP contribution >= 0.6 is 0 Å². The van der Waals surface area contributed by atoms with Crippen LogP contribution in [0.25, 0.3) is 0 Å². The fourth-order valence-corrected chi connectivity index (χ4v) is 0.144. The smallest absolute Gasteiger partial charge is 0.135 e. The van der Waals surface area contributed by atoms with E-state index in [1.165, 1.54) is 6.92 Å². The lowest BCUT2D eigenvalue weighted by Crippen LogP contribution is -2.14. The first-order valence-electron chi connectivity index (χ1n) is 1.66. The van der Waals surface area contributed by atoms with Gasteiger partial charge in [0.15, 0.2) is 0 Å². The normalized spacial score (nSPS) is 18.6. The predicted octanol–water partition coefficient (Wildman–Crippen LogP) is -1.04. The summed E-state index contributed by atoms with van der Waals surface area (Å²) >= 11 is 4.14. The van der Waals surface area contributed by atoms with E-state index in [-0.39, 0.29) is 5.75 Å². The van der Waals surface area contributed by atoms with Crippen molar-refractivity contribution in [3.05, 3.63) is 0 Å². The highest BCUT2D eigenvalue weighted by Crippen LogP contribution is 1.83. The molecule has 0 aromatic rings. The van der Waals surface area contributed by atoms with Crippen molar-refractivity contribution in [2.75, 3.05) is 5.75 Å². The van der Waals surface area contributed by atoms with E-state index in [4.69, 9.17) is 0 Å². The van der Waals surface area contributed by atoms with E-state index < -0.39 is 8.77 Å². The molecule has 0 heterocycles. The van der Waals surface area contributed by atoms with Crippen LogP contribution in [0.5, 0.6) is 0 Å². The molecule has 0 aromatic carbocycles. The van der Waals surface area contributed by atoms with E-state index in [1.807, 2.05) is 0 Å². The van der Waals surface area contributed by atoms with E-state index in [0.29, 0.717) is 0 Å². The molecule has 1 atom stereocenters. The van der Waals surface area contributed by atoms with Crippen LogP contribution in [-0.2, 0) is 24.3 Å². The molecule has 0 rings (SSSR count). The summed E-state index contributed by atoms with van der Waals surface area (Å²) in [6.07, 6.45) is 0. The Hall–Kier alpha value is 0.290. The lowest BCUT2D eigenvalue weighted by atomic mass is 11.0. The van der Waals surface area contributed by atoms with Gasteiger partial charge in [0.05, 0.1) is 0 Å². The molecule has 44 valence electrons. The SMILES string of the molecule is CCS(=O)(=S)O[O-]. The first-order chi connectivity index (χ1) is 3.12. The van der Waals surface area contributed by atoms with Gasteiger partial charge in [-0.1, -0.05) is 6.92 Å². The van der Waals surface area contributed by atoms with Gasteiger partial charge in [0.1, 0.15) is 8.77 Å². The van der Waals surface area contributed by atoms with E-state index in [0.717, 1.165) is 0 Å². The Kier molecular flexibility index (Phi) is 2.67. The first-order valence-corrected chi connectivity index (χ1v) is 4.24. The third-order valence-electron chi connectivity index (χ3n) is 0.457. The molecule has 0 saturated carbocycles. The van der Waals surface area contributed by atoms with Gasteiger partial charge in [-0.3, -0.25) is 0 Å². The van der Waals surface area contributed by atoms with Crippen molar-refractivity contribution in [1.82, 2.24) is 0 Å². The summed E-state index contributed by atoms with van der Waals surface area (Å²) in [7, 11) is -2.88. The van der Waals surface area contributed by atoms with Gasteiger partial charge in [-0.05, 0) is 0 Å². The second kappa shape index (κ2) is 2.56. The van der Waals surface area contributed by atoms with Crippen LogP contribution in [0.1, 0.15) is 6.92 Å².